The van der Waals surface area contributed by atoms with Crippen LogP contribution in [0.5, 0.6) is 0 Å². The average molecular weight is 398 g/mol. The minimum absolute atomic E-state index is 0.364. The Bertz CT molecular complexity index is 480. The van der Waals surface area contributed by atoms with Crippen molar-refractivity contribution in [1.82, 2.24) is 5.32 Å². The van der Waals surface area contributed by atoms with Crippen molar-refractivity contribution >= 4 is 28.3 Å². The number of anilines is 1. The number of piperazine rings is 1. The SMILES string of the molecule is CC(C)C1CNC2(CCCCC2)CN1c1ccccc1I. The molecule has 0 bridgehead atoms. The maximum atomic E-state index is 3.94. The number of benzene rings is 1. The Kier molecular flexibility index (Phi) is 4.79. The second-order valence-corrected chi connectivity index (χ2v) is 8.27. The van der Waals surface area contributed by atoms with Crippen LogP contribution in [0.3, 0.4) is 0 Å². The molecule has 2 aliphatic rings. The van der Waals surface area contributed by atoms with Crippen molar-refractivity contribution in [3.8, 4) is 0 Å². The number of hydrogen-bond acceptors (Lipinski definition) is 2. The predicted molar refractivity (Wildman–Crippen MR) is 98.9 cm³/mol. The molecule has 1 aromatic carbocycles. The molecule has 2 fully saturated rings. The molecule has 0 aromatic heterocycles. The van der Waals surface area contributed by atoms with Crippen LogP contribution in [-0.2, 0) is 0 Å². The zero-order chi connectivity index (χ0) is 14.9. The highest BCUT2D eigenvalue weighted by atomic mass is 127. The van der Waals surface area contributed by atoms with Gasteiger partial charge in [0.1, 0.15) is 0 Å². The van der Waals surface area contributed by atoms with Gasteiger partial charge in [0.2, 0.25) is 0 Å². The second-order valence-electron chi connectivity index (χ2n) is 7.11. The van der Waals surface area contributed by atoms with Crippen LogP contribution in [0.1, 0.15) is 46.0 Å². The number of halogens is 1. The third kappa shape index (κ3) is 3.24. The van der Waals surface area contributed by atoms with Gasteiger partial charge in [0.25, 0.3) is 0 Å². The molecule has 116 valence electrons. The minimum Gasteiger partial charge on any atom is -0.364 e. The molecular weight excluding hydrogens is 371 g/mol. The van der Waals surface area contributed by atoms with E-state index in [1.165, 1.54) is 47.9 Å². The number of nitrogens with zero attached hydrogens (tertiary/aromatic N) is 1. The topological polar surface area (TPSA) is 15.3 Å². The monoisotopic (exact) mass is 398 g/mol. The molecule has 1 aliphatic heterocycles. The maximum Gasteiger partial charge on any atom is 0.0505 e. The molecule has 1 heterocycles. The van der Waals surface area contributed by atoms with Gasteiger partial charge in [-0.05, 0) is 53.5 Å². The molecule has 1 unspecified atom stereocenters. The van der Waals surface area contributed by atoms with Gasteiger partial charge in [-0.2, -0.15) is 0 Å². The van der Waals surface area contributed by atoms with Gasteiger partial charge in [-0.15, -0.1) is 0 Å². The Labute approximate surface area is 142 Å². The van der Waals surface area contributed by atoms with E-state index in [0.29, 0.717) is 17.5 Å². The summed E-state index contributed by atoms with van der Waals surface area (Å²) in [5, 5.41) is 3.94. The summed E-state index contributed by atoms with van der Waals surface area (Å²) in [7, 11) is 0. The number of para-hydroxylation sites is 1. The van der Waals surface area contributed by atoms with Crippen LogP contribution >= 0.6 is 22.6 Å². The molecule has 1 aromatic rings. The summed E-state index contributed by atoms with van der Waals surface area (Å²) >= 11 is 2.49. The predicted octanol–water partition coefficient (Wildman–Crippen LogP) is 4.43. The van der Waals surface area contributed by atoms with Crippen molar-refractivity contribution in [2.75, 3.05) is 18.0 Å². The first-order chi connectivity index (χ1) is 10.1. The third-order valence-corrected chi connectivity index (χ3v) is 6.21. The van der Waals surface area contributed by atoms with E-state index in [0.717, 1.165) is 6.54 Å². The summed E-state index contributed by atoms with van der Waals surface area (Å²) in [5.74, 6) is 0.675. The molecule has 1 saturated heterocycles. The van der Waals surface area contributed by atoms with Crippen LogP contribution in [0, 0.1) is 9.49 Å². The Morgan fingerprint density at radius 3 is 2.57 bits per heavy atom. The van der Waals surface area contributed by atoms with Crippen LogP contribution < -0.4 is 10.2 Å². The normalized spacial score (nSPS) is 25.5. The van der Waals surface area contributed by atoms with Crippen molar-refractivity contribution in [2.24, 2.45) is 5.92 Å². The second kappa shape index (κ2) is 6.45. The Morgan fingerprint density at radius 1 is 1.19 bits per heavy atom. The highest BCUT2D eigenvalue weighted by Gasteiger charge is 2.41. The molecule has 0 radical (unpaired) electrons. The molecular formula is C18H27IN2. The quantitative estimate of drug-likeness (QED) is 0.742. The summed E-state index contributed by atoms with van der Waals surface area (Å²) in [6.07, 6.45) is 6.88. The highest BCUT2D eigenvalue weighted by molar-refractivity contribution is 14.1. The van der Waals surface area contributed by atoms with Crippen LogP contribution in [-0.4, -0.2) is 24.7 Å². The lowest BCUT2D eigenvalue weighted by Gasteiger charge is -2.52. The van der Waals surface area contributed by atoms with Crippen LogP contribution in [0.4, 0.5) is 5.69 Å². The molecule has 1 atom stereocenters. The van der Waals surface area contributed by atoms with Gasteiger partial charge in [0.15, 0.2) is 0 Å². The van der Waals surface area contributed by atoms with E-state index in [-0.39, 0.29) is 0 Å². The van der Waals surface area contributed by atoms with Crippen molar-refractivity contribution in [2.45, 2.75) is 57.5 Å². The molecule has 3 heteroatoms. The van der Waals surface area contributed by atoms with E-state index >= 15 is 0 Å². The van der Waals surface area contributed by atoms with Crippen LogP contribution in [0.2, 0.25) is 0 Å². The van der Waals surface area contributed by atoms with E-state index in [2.05, 4.69) is 70.9 Å². The molecule has 1 aliphatic carbocycles. The fourth-order valence-corrected chi connectivity index (χ4v) is 4.74. The molecule has 3 rings (SSSR count). The lowest BCUT2D eigenvalue weighted by atomic mass is 9.78. The molecule has 0 amide bonds. The van der Waals surface area contributed by atoms with E-state index in [9.17, 15) is 0 Å². The van der Waals surface area contributed by atoms with Crippen molar-refractivity contribution in [3.05, 3.63) is 27.8 Å². The molecule has 2 nitrogen and oxygen atoms in total. The van der Waals surface area contributed by atoms with Gasteiger partial charge in [-0.25, -0.2) is 0 Å². The van der Waals surface area contributed by atoms with E-state index in [1.54, 1.807) is 0 Å². The number of hydrogen-bond donors (Lipinski definition) is 1. The summed E-state index contributed by atoms with van der Waals surface area (Å²) in [6, 6.07) is 9.48. The standard InChI is InChI=1S/C18H27IN2/c1-14(2)17-12-20-18(10-6-3-7-11-18)13-21(17)16-9-5-4-8-15(16)19/h4-5,8-9,14,17,20H,3,6-7,10-13H2,1-2H3. The van der Waals surface area contributed by atoms with Gasteiger partial charge in [0, 0.05) is 28.2 Å². The first-order valence-electron chi connectivity index (χ1n) is 8.37. The van der Waals surface area contributed by atoms with Crippen LogP contribution in [0.15, 0.2) is 24.3 Å². The Hall–Kier alpha value is -0.290. The fourth-order valence-electron chi connectivity index (χ4n) is 4.04. The number of nitrogens with one attached hydrogen (secondary N) is 1. The lowest BCUT2D eigenvalue weighted by Crippen LogP contribution is -2.66. The van der Waals surface area contributed by atoms with Crippen molar-refractivity contribution < 1.29 is 0 Å². The lowest BCUT2D eigenvalue weighted by molar-refractivity contribution is 0.184. The zero-order valence-corrected chi connectivity index (χ0v) is 15.4. The summed E-state index contributed by atoms with van der Waals surface area (Å²) in [6.45, 7) is 7.01. The van der Waals surface area contributed by atoms with Gasteiger partial charge in [0.05, 0.1) is 5.69 Å². The average Bonchev–Trinajstić information content (AvgIpc) is 2.48. The number of rotatable bonds is 2. The van der Waals surface area contributed by atoms with Gasteiger partial charge < -0.3 is 10.2 Å². The fraction of sp³-hybridized carbons (Fsp3) is 0.667. The first kappa shape index (κ1) is 15.6. The van der Waals surface area contributed by atoms with Gasteiger partial charge in [-0.3, -0.25) is 0 Å². The summed E-state index contributed by atoms with van der Waals surface area (Å²) in [5.41, 5.74) is 1.80. The van der Waals surface area contributed by atoms with Crippen molar-refractivity contribution in [3.63, 3.8) is 0 Å². The first-order valence-corrected chi connectivity index (χ1v) is 9.45. The largest absolute Gasteiger partial charge is 0.364 e. The minimum atomic E-state index is 0.364. The summed E-state index contributed by atoms with van der Waals surface area (Å²) < 4.78 is 1.38. The van der Waals surface area contributed by atoms with E-state index in [1.807, 2.05) is 0 Å². The molecule has 1 N–H and O–H groups in total. The smallest absolute Gasteiger partial charge is 0.0505 e. The van der Waals surface area contributed by atoms with Crippen LogP contribution in [0.25, 0.3) is 0 Å². The Balaban J connectivity index is 1.90. The maximum absolute atomic E-state index is 3.94. The highest BCUT2D eigenvalue weighted by Crippen LogP contribution is 2.36. The molecule has 1 spiro atoms. The van der Waals surface area contributed by atoms with Gasteiger partial charge >= 0.3 is 0 Å². The van der Waals surface area contributed by atoms with Crippen molar-refractivity contribution in [1.29, 1.82) is 0 Å². The third-order valence-electron chi connectivity index (χ3n) is 5.30. The summed E-state index contributed by atoms with van der Waals surface area (Å²) in [4.78, 5) is 2.70. The van der Waals surface area contributed by atoms with E-state index < -0.39 is 0 Å². The van der Waals surface area contributed by atoms with Gasteiger partial charge in [-0.1, -0.05) is 45.2 Å². The Morgan fingerprint density at radius 2 is 1.90 bits per heavy atom. The zero-order valence-electron chi connectivity index (χ0n) is 13.2. The molecule has 21 heavy (non-hydrogen) atoms. The van der Waals surface area contributed by atoms with E-state index in [4.69, 9.17) is 0 Å². The molecule has 1 saturated carbocycles.